The Kier molecular flexibility index (Phi) is 6.44. The molecule has 4 nitrogen and oxygen atoms in total. The van der Waals surface area contributed by atoms with Crippen molar-refractivity contribution in [3.8, 4) is 0 Å². The zero-order valence-electron chi connectivity index (χ0n) is 13.4. The van der Waals surface area contributed by atoms with Crippen LogP contribution in [0.15, 0.2) is 30.3 Å². The van der Waals surface area contributed by atoms with Crippen molar-refractivity contribution in [2.45, 2.75) is 39.0 Å². The highest BCUT2D eigenvalue weighted by molar-refractivity contribution is 5.94. The van der Waals surface area contributed by atoms with Gasteiger partial charge in [-0.15, -0.1) is 0 Å². The predicted octanol–water partition coefficient (Wildman–Crippen LogP) is 2.85. The van der Waals surface area contributed by atoms with Crippen LogP contribution in [0.25, 0.3) is 0 Å². The summed E-state index contributed by atoms with van der Waals surface area (Å²) >= 11 is 0. The third kappa shape index (κ3) is 4.86. The quantitative estimate of drug-likeness (QED) is 0.878. The molecule has 0 atom stereocenters. The number of nitrogens with one attached hydrogen (secondary N) is 1. The van der Waals surface area contributed by atoms with E-state index in [2.05, 4.69) is 5.32 Å². The minimum Gasteiger partial charge on any atom is -0.356 e. The van der Waals surface area contributed by atoms with Crippen LogP contribution in [-0.2, 0) is 4.79 Å². The van der Waals surface area contributed by atoms with Crippen molar-refractivity contribution in [3.05, 3.63) is 35.9 Å². The summed E-state index contributed by atoms with van der Waals surface area (Å²) in [6.07, 6.45) is 4.59. The van der Waals surface area contributed by atoms with Gasteiger partial charge in [0.25, 0.3) is 5.91 Å². The normalized spacial score (nSPS) is 15.6. The van der Waals surface area contributed by atoms with E-state index in [-0.39, 0.29) is 11.8 Å². The van der Waals surface area contributed by atoms with E-state index in [1.165, 1.54) is 0 Å². The van der Waals surface area contributed by atoms with Crippen LogP contribution in [0, 0.1) is 5.92 Å². The Balaban J connectivity index is 1.70. The second kappa shape index (κ2) is 8.57. The number of amides is 2. The molecule has 1 saturated heterocycles. The fourth-order valence-corrected chi connectivity index (χ4v) is 2.92. The molecule has 1 aliphatic heterocycles. The van der Waals surface area contributed by atoms with E-state index in [1.54, 1.807) is 0 Å². The molecule has 2 amide bonds. The average Bonchev–Trinajstić information content (AvgIpc) is 2.56. The zero-order chi connectivity index (χ0) is 15.8. The van der Waals surface area contributed by atoms with Crippen LogP contribution >= 0.6 is 0 Å². The zero-order valence-corrected chi connectivity index (χ0v) is 13.4. The highest BCUT2D eigenvalue weighted by atomic mass is 16.2. The van der Waals surface area contributed by atoms with Gasteiger partial charge in [0.1, 0.15) is 0 Å². The highest BCUT2D eigenvalue weighted by Gasteiger charge is 2.23. The number of carbonyl (C=O) groups is 2. The lowest BCUT2D eigenvalue weighted by atomic mass is 9.93. The molecule has 120 valence electrons. The fourth-order valence-electron chi connectivity index (χ4n) is 2.92. The molecule has 1 N–H and O–H groups in total. The maximum absolute atomic E-state index is 12.4. The molecule has 0 bridgehead atoms. The number of carbonyl (C=O) groups excluding carboxylic acids is 2. The Morgan fingerprint density at radius 2 is 1.86 bits per heavy atom. The van der Waals surface area contributed by atoms with E-state index in [4.69, 9.17) is 0 Å². The number of rotatable bonds is 6. The lowest BCUT2D eigenvalue weighted by Gasteiger charge is -2.32. The topological polar surface area (TPSA) is 49.4 Å². The third-order valence-corrected chi connectivity index (χ3v) is 4.27. The lowest BCUT2D eigenvalue weighted by Crippen LogP contribution is -2.39. The Morgan fingerprint density at radius 1 is 1.18 bits per heavy atom. The molecule has 1 fully saturated rings. The molecular weight excluding hydrogens is 276 g/mol. The highest BCUT2D eigenvalue weighted by Crippen LogP contribution is 2.21. The van der Waals surface area contributed by atoms with Crippen molar-refractivity contribution < 1.29 is 9.59 Å². The fraction of sp³-hybridized carbons (Fsp3) is 0.556. The molecular formula is C18H26N2O2. The maximum Gasteiger partial charge on any atom is 0.253 e. The Hall–Kier alpha value is -1.84. The van der Waals surface area contributed by atoms with Gasteiger partial charge in [-0.25, -0.2) is 0 Å². The van der Waals surface area contributed by atoms with Crippen LogP contribution in [0.5, 0.6) is 0 Å². The maximum atomic E-state index is 12.4. The summed E-state index contributed by atoms with van der Waals surface area (Å²) in [7, 11) is 0. The number of hydrogen-bond acceptors (Lipinski definition) is 2. The summed E-state index contributed by atoms with van der Waals surface area (Å²) < 4.78 is 0. The van der Waals surface area contributed by atoms with Crippen molar-refractivity contribution in [1.29, 1.82) is 0 Å². The van der Waals surface area contributed by atoms with Gasteiger partial charge in [0.15, 0.2) is 0 Å². The van der Waals surface area contributed by atoms with E-state index < -0.39 is 0 Å². The van der Waals surface area contributed by atoms with Gasteiger partial charge in [0.05, 0.1) is 0 Å². The van der Waals surface area contributed by atoms with Crippen molar-refractivity contribution in [3.63, 3.8) is 0 Å². The Labute approximate surface area is 132 Å². The first-order valence-corrected chi connectivity index (χ1v) is 8.31. The van der Waals surface area contributed by atoms with E-state index in [1.807, 2.05) is 42.2 Å². The van der Waals surface area contributed by atoms with E-state index in [0.29, 0.717) is 12.3 Å². The molecule has 0 spiro atoms. The summed E-state index contributed by atoms with van der Waals surface area (Å²) in [5.74, 6) is 0.899. The van der Waals surface area contributed by atoms with Gasteiger partial charge in [-0.2, -0.15) is 0 Å². The largest absolute Gasteiger partial charge is 0.356 e. The van der Waals surface area contributed by atoms with Gasteiger partial charge in [0.2, 0.25) is 5.91 Å². The molecule has 0 saturated carbocycles. The van der Waals surface area contributed by atoms with Crippen LogP contribution in [-0.4, -0.2) is 36.3 Å². The average molecular weight is 302 g/mol. The van der Waals surface area contributed by atoms with Gasteiger partial charge in [-0.3, -0.25) is 9.59 Å². The minimum atomic E-state index is 0.135. The monoisotopic (exact) mass is 302 g/mol. The molecule has 1 aromatic carbocycles. The summed E-state index contributed by atoms with van der Waals surface area (Å²) in [6.45, 7) is 4.41. The summed E-state index contributed by atoms with van der Waals surface area (Å²) in [5.41, 5.74) is 0.771. The first kappa shape index (κ1) is 16.5. The first-order valence-electron chi connectivity index (χ1n) is 8.31. The number of hydrogen-bond donors (Lipinski definition) is 1. The van der Waals surface area contributed by atoms with Gasteiger partial charge in [0, 0.05) is 31.6 Å². The van der Waals surface area contributed by atoms with Gasteiger partial charge in [-0.1, -0.05) is 25.1 Å². The number of benzene rings is 1. The second-order valence-corrected chi connectivity index (χ2v) is 5.99. The molecule has 0 aromatic heterocycles. The van der Waals surface area contributed by atoms with Gasteiger partial charge < -0.3 is 10.2 Å². The molecule has 4 heteroatoms. The van der Waals surface area contributed by atoms with E-state index >= 15 is 0 Å². The molecule has 1 heterocycles. The molecule has 2 rings (SSSR count). The van der Waals surface area contributed by atoms with Crippen molar-refractivity contribution in [1.82, 2.24) is 10.2 Å². The Morgan fingerprint density at radius 3 is 2.50 bits per heavy atom. The molecule has 1 aromatic rings. The number of nitrogens with zero attached hydrogens (tertiary/aromatic N) is 1. The smallest absolute Gasteiger partial charge is 0.253 e. The van der Waals surface area contributed by atoms with E-state index in [0.717, 1.165) is 50.9 Å². The summed E-state index contributed by atoms with van der Waals surface area (Å²) in [4.78, 5) is 25.7. The Bertz CT molecular complexity index is 479. The molecule has 22 heavy (non-hydrogen) atoms. The van der Waals surface area contributed by atoms with Crippen LogP contribution in [0.2, 0.25) is 0 Å². The standard InChI is InChI=1S/C18H26N2O2/c1-2-6-17(21)19-12-9-15-10-13-20(14-11-15)18(22)16-7-4-3-5-8-16/h3-5,7-8,15H,2,6,9-14H2,1H3,(H,19,21). The van der Waals surface area contributed by atoms with Gasteiger partial charge in [-0.05, 0) is 43.7 Å². The molecule has 0 unspecified atom stereocenters. The second-order valence-electron chi connectivity index (χ2n) is 5.99. The van der Waals surface area contributed by atoms with Crippen molar-refractivity contribution >= 4 is 11.8 Å². The van der Waals surface area contributed by atoms with Gasteiger partial charge >= 0.3 is 0 Å². The summed E-state index contributed by atoms with van der Waals surface area (Å²) in [6, 6.07) is 9.48. The van der Waals surface area contributed by atoms with Crippen LogP contribution < -0.4 is 5.32 Å². The molecule has 0 radical (unpaired) electrons. The van der Waals surface area contributed by atoms with E-state index in [9.17, 15) is 9.59 Å². The van der Waals surface area contributed by atoms with Crippen LogP contribution in [0.3, 0.4) is 0 Å². The third-order valence-electron chi connectivity index (χ3n) is 4.27. The number of likely N-dealkylation sites (tertiary alicyclic amines) is 1. The molecule has 1 aliphatic rings. The minimum absolute atomic E-state index is 0.135. The summed E-state index contributed by atoms with van der Waals surface area (Å²) in [5, 5.41) is 2.97. The first-order chi connectivity index (χ1) is 10.7. The number of piperidine rings is 1. The lowest BCUT2D eigenvalue weighted by molar-refractivity contribution is -0.121. The molecule has 0 aliphatic carbocycles. The predicted molar refractivity (Wildman–Crippen MR) is 87.6 cm³/mol. The van der Waals surface area contributed by atoms with Crippen molar-refractivity contribution in [2.75, 3.05) is 19.6 Å². The SMILES string of the molecule is CCCC(=O)NCCC1CCN(C(=O)c2ccccc2)CC1. The van der Waals surface area contributed by atoms with Crippen LogP contribution in [0.1, 0.15) is 49.4 Å². The van der Waals surface area contributed by atoms with Crippen LogP contribution in [0.4, 0.5) is 0 Å². The van der Waals surface area contributed by atoms with Crippen molar-refractivity contribution in [2.24, 2.45) is 5.92 Å².